The second-order valence-electron chi connectivity index (χ2n) is 8.26. The minimum Gasteiger partial charge on any atom is -0.352 e. The lowest BCUT2D eigenvalue weighted by molar-refractivity contribution is 0.309. The van der Waals surface area contributed by atoms with E-state index in [0.717, 1.165) is 31.2 Å². The molecule has 1 aliphatic carbocycles. The quantitative estimate of drug-likeness (QED) is 0.390. The number of guanidine groups is 1. The molecule has 1 saturated heterocycles. The molecule has 1 spiro atoms. The standard InChI is InChI=1S/C23H30N4O.HI/c1-24-22(27-15-13-23(18-27)11-3-4-12-23)25-16-19-7-9-20(10-8-19)17-26-14-5-2-6-21(26)28;/h2,5-10,14H,3-4,11-13,15-18H2,1H3,(H,24,25);1H. The van der Waals surface area contributed by atoms with Gasteiger partial charge in [-0.3, -0.25) is 9.79 Å². The van der Waals surface area contributed by atoms with Crippen molar-refractivity contribution in [3.8, 4) is 0 Å². The molecule has 29 heavy (non-hydrogen) atoms. The Labute approximate surface area is 190 Å². The molecule has 0 amide bonds. The maximum atomic E-state index is 11.9. The number of aromatic nitrogens is 1. The summed E-state index contributed by atoms with van der Waals surface area (Å²) in [6.07, 6.45) is 8.68. The Bertz CT molecular complexity index is 884. The summed E-state index contributed by atoms with van der Waals surface area (Å²) in [5.41, 5.74) is 2.93. The molecule has 0 unspecified atom stereocenters. The SMILES string of the molecule is CN=C(NCc1ccc(Cn2ccccc2=O)cc1)N1CCC2(CCCC2)C1.I. The topological polar surface area (TPSA) is 49.6 Å². The summed E-state index contributed by atoms with van der Waals surface area (Å²) in [4.78, 5) is 18.8. The molecule has 4 rings (SSSR count). The van der Waals surface area contributed by atoms with Crippen LogP contribution in [0.4, 0.5) is 0 Å². The predicted octanol–water partition coefficient (Wildman–Crippen LogP) is 3.86. The van der Waals surface area contributed by atoms with Gasteiger partial charge in [0.05, 0.1) is 6.54 Å². The van der Waals surface area contributed by atoms with Gasteiger partial charge in [0.2, 0.25) is 0 Å². The number of halogens is 1. The van der Waals surface area contributed by atoms with Crippen molar-refractivity contribution in [3.63, 3.8) is 0 Å². The average Bonchev–Trinajstić information content (AvgIpc) is 3.35. The van der Waals surface area contributed by atoms with Crippen LogP contribution in [0.15, 0.2) is 58.4 Å². The minimum absolute atomic E-state index is 0. The Hall–Kier alpha value is -1.83. The Morgan fingerprint density at radius 1 is 1.07 bits per heavy atom. The molecule has 2 fully saturated rings. The van der Waals surface area contributed by atoms with E-state index in [9.17, 15) is 4.79 Å². The zero-order chi connectivity index (χ0) is 19.4. The van der Waals surface area contributed by atoms with Gasteiger partial charge in [-0.15, -0.1) is 24.0 Å². The molecule has 0 radical (unpaired) electrons. The van der Waals surface area contributed by atoms with Crippen LogP contribution in [-0.4, -0.2) is 35.6 Å². The molecule has 5 nitrogen and oxygen atoms in total. The molecule has 0 bridgehead atoms. The molecule has 1 aromatic heterocycles. The van der Waals surface area contributed by atoms with Gasteiger partial charge in [0.25, 0.3) is 5.56 Å². The van der Waals surface area contributed by atoms with Gasteiger partial charge in [-0.1, -0.05) is 43.2 Å². The number of rotatable bonds is 4. The van der Waals surface area contributed by atoms with E-state index in [2.05, 4.69) is 39.5 Å². The molecule has 1 aromatic carbocycles. The van der Waals surface area contributed by atoms with Gasteiger partial charge in [-0.05, 0) is 41.9 Å². The third-order valence-corrected chi connectivity index (χ3v) is 6.34. The van der Waals surface area contributed by atoms with Crippen LogP contribution in [0.1, 0.15) is 43.2 Å². The van der Waals surface area contributed by atoms with Crippen molar-refractivity contribution in [2.24, 2.45) is 10.4 Å². The molecular weight excluding hydrogens is 475 g/mol. The summed E-state index contributed by atoms with van der Waals surface area (Å²) >= 11 is 0. The molecule has 1 N–H and O–H groups in total. The molecular formula is C23H31IN4O. The maximum absolute atomic E-state index is 11.9. The highest BCUT2D eigenvalue weighted by Crippen LogP contribution is 2.45. The number of nitrogens with one attached hydrogen (secondary N) is 1. The number of nitrogens with zero attached hydrogens (tertiary/aromatic N) is 3. The first kappa shape index (κ1) is 21.9. The third kappa shape index (κ3) is 5.21. The number of hydrogen-bond donors (Lipinski definition) is 1. The lowest BCUT2D eigenvalue weighted by atomic mass is 9.86. The van der Waals surface area contributed by atoms with Crippen molar-refractivity contribution < 1.29 is 0 Å². The molecule has 2 heterocycles. The van der Waals surface area contributed by atoms with Crippen LogP contribution in [0.25, 0.3) is 0 Å². The van der Waals surface area contributed by atoms with Crippen molar-refractivity contribution in [2.75, 3.05) is 20.1 Å². The lowest BCUT2D eigenvalue weighted by Crippen LogP contribution is -2.40. The Morgan fingerprint density at radius 2 is 1.79 bits per heavy atom. The number of aliphatic imine (C=N–C) groups is 1. The van der Waals surface area contributed by atoms with Gasteiger partial charge in [0.15, 0.2) is 5.96 Å². The highest BCUT2D eigenvalue weighted by atomic mass is 127. The molecule has 6 heteroatoms. The van der Waals surface area contributed by atoms with Crippen LogP contribution < -0.4 is 10.9 Å². The van der Waals surface area contributed by atoms with Crippen molar-refractivity contribution >= 4 is 29.9 Å². The third-order valence-electron chi connectivity index (χ3n) is 6.34. The lowest BCUT2D eigenvalue weighted by Gasteiger charge is -2.26. The number of likely N-dealkylation sites (tertiary alicyclic amines) is 1. The summed E-state index contributed by atoms with van der Waals surface area (Å²) in [7, 11) is 1.88. The first-order valence-electron chi connectivity index (χ1n) is 10.4. The normalized spacial score (nSPS) is 18.1. The molecule has 0 atom stereocenters. The molecule has 2 aliphatic rings. The first-order chi connectivity index (χ1) is 13.7. The summed E-state index contributed by atoms with van der Waals surface area (Å²) in [5.74, 6) is 1.02. The van der Waals surface area contributed by atoms with Gasteiger partial charge in [0, 0.05) is 38.9 Å². The van der Waals surface area contributed by atoms with Crippen molar-refractivity contribution in [1.29, 1.82) is 0 Å². The first-order valence-corrected chi connectivity index (χ1v) is 10.4. The van der Waals surface area contributed by atoms with Gasteiger partial charge in [0.1, 0.15) is 0 Å². The highest BCUT2D eigenvalue weighted by Gasteiger charge is 2.40. The fourth-order valence-electron chi connectivity index (χ4n) is 4.71. The summed E-state index contributed by atoms with van der Waals surface area (Å²) in [6, 6.07) is 13.7. The van der Waals surface area contributed by atoms with E-state index in [4.69, 9.17) is 0 Å². The van der Waals surface area contributed by atoms with Crippen LogP contribution in [0.5, 0.6) is 0 Å². The Morgan fingerprint density at radius 3 is 2.48 bits per heavy atom. The van der Waals surface area contributed by atoms with Crippen molar-refractivity contribution in [1.82, 2.24) is 14.8 Å². The van der Waals surface area contributed by atoms with E-state index in [1.54, 1.807) is 16.7 Å². The second kappa shape index (κ2) is 9.78. The van der Waals surface area contributed by atoms with Gasteiger partial charge in [-0.25, -0.2) is 0 Å². The van der Waals surface area contributed by atoms with Crippen molar-refractivity contribution in [2.45, 2.75) is 45.2 Å². The predicted molar refractivity (Wildman–Crippen MR) is 129 cm³/mol. The van der Waals surface area contributed by atoms with Crippen LogP contribution in [-0.2, 0) is 13.1 Å². The van der Waals surface area contributed by atoms with E-state index in [-0.39, 0.29) is 29.5 Å². The number of hydrogen-bond acceptors (Lipinski definition) is 2. The fraction of sp³-hybridized carbons (Fsp3) is 0.478. The van der Waals surface area contributed by atoms with E-state index in [0.29, 0.717) is 12.0 Å². The van der Waals surface area contributed by atoms with E-state index < -0.39 is 0 Å². The monoisotopic (exact) mass is 506 g/mol. The summed E-state index contributed by atoms with van der Waals surface area (Å²) in [6.45, 7) is 3.63. The average molecular weight is 506 g/mol. The molecule has 1 aliphatic heterocycles. The molecule has 1 saturated carbocycles. The van der Waals surface area contributed by atoms with E-state index in [1.165, 1.54) is 37.7 Å². The maximum Gasteiger partial charge on any atom is 0.250 e. The molecule has 2 aromatic rings. The van der Waals surface area contributed by atoms with Gasteiger partial charge < -0.3 is 14.8 Å². The van der Waals surface area contributed by atoms with Crippen LogP contribution in [0.2, 0.25) is 0 Å². The van der Waals surface area contributed by atoms with Gasteiger partial charge >= 0.3 is 0 Å². The second-order valence-corrected chi connectivity index (χ2v) is 8.26. The molecule has 156 valence electrons. The highest BCUT2D eigenvalue weighted by molar-refractivity contribution is 14.0. The smallest absolute Gasteiger partial charge is 0.250 e. The van der Waals surface area contributed by atoms with Crippen LogP contribution in [0.3, 0.4) is 0 Å². The van der Waals surface area contributed by atoms with Crippen molar-refractivity contribution in [3.05, 3.63) is 70.1 Å². The zero-order valence-electron chi connectivity index (χ0n) is 17.1. The zero-order valence-corrected chi connectivity index (χ0v) is 19.5. The largest absolute Gasteiger partial charge is 0.352 e. The van der Waals surface area contributed by atoms with Crippen LogP contribution >= 0.6 is 24.0 Å². The van der Waals surface area contributed by atoms with E-state index >= 15 is 0 Å². The fourth-order valence-corrected chi connectivity index (χ4v) is 4.71. The van der Waals surface area contributed by atoms with Gasteiger partial charge in [-0.2, -0.15) is 0 Å². The summed E-state index contributed by atoms with van der Waals surface area (Å²) in [5, 5.41) is 3.53. The number of benzene rings is 1. The van der Waals surface area contributed by atoms with Crippen LogP contribution in [0, 0.1) is 5.41 Å². The number of pyridine rings is 1. The summed E-state index contributed by atoms with van der Waals surface area (Å²) < 4.78 is 1.72. The Kier molecular flexibility index (Phi) is 7.38. The minimum atomic E-state index is 0. The Balaban J connectivity index is 0.00000240. The van der Waals surface area contributed by atoms with E-state index in [1.807, 2.05) is 19.3 Å².